The Morgan fingerprint density at radius 3 is 2.33 bits per heavy atom. The molecular formula is C25H27N7O. The first-order valence-corrected chi connectivity index (χ1v) is 11.3. The standard InChI is InChI=1S/C25H27N7O/c1-2-9-26-23-22-20(16-19(17-21(22)33)18-7-4-3-5-8-18)29-25(30-23)32-14-12-31(13-15-32)24-27-10-6-11-28-24/h2-8,10-11,19H,1,9,12-17H2,(H,26,29,30)/t19-/m0/s1. The number of benzene rings is 1. The number of rotatable bonds is 6. The number of carbonyl (C=O) groups excluding carboxylic acids is 1. The maximum Gasteiger partial charge on any atom is 0.227 e. The fourth-order valence-corrected chi connectivity index (χ4v) is 4.53. The summed E-state index contributed by atoms with van der Waals surface area (Å²) in [6, 6.07) is 12.0. The van der Waals surface area contributed by atoms with Crippen LogP contribution in [0.4, 0.5) is 17.7 Å². The third-order valence-electron chi connectivity index (χ3n) is 6.20. The fourth-order valence-electron chi connectivity index (χ4n) is 4.53. The molecule has 2 aromatic heterocycles. The molecule has 1 saturated heterocycles. The zero-order valence-electron chi connectivity index (χ0n) is 18.5. The molecule has 168 valence electrons. The fraction of sp³-hybridized carbons (Fsp3) is 0.320. The van der Waals surface area contributed by atoms with Gasteiger partial charge in [-0.15, -0.1) is 6.58 Å². The highest BCUT2D eigenvalue weighted by atomic mass is 16.1. The van der Waals surface area contributed by atoms with Gasteiger partial charge in [-0.1, -0.05) is 36.4 Å². The normalized spacial score (nSPS) is 18.1. The van der Waals surface area contributed by atoms with E-state index in [1.165, 1.54) is 5.56 Å². The second-order valence-electron chi connectivity index (χ2n) is 8.33. The van der Waals surface area contributed by atoms with Gasteiger partial charge in [-0.2, -0.15) is 4.98 Å². The summed E-state index contributed by atoms with van der Waals surface area (Å²) in [5.41, 5.74) is 2.63. The molecule has 33 heavy (non-hydrogen) atoms. The minimum Gasteiger partial charge on any atom is -0.366 e. The van der Waals surface area contributed by atoms with Gasteiger partial charge < -0.3 is 15.1 Å². The second kappa shape index (κ2) is 9.36. The zero-order chi connectivity index (χ0) is 22.6. The van der Waals surface area contributed by atoms with Gasteiger partial charge in [0, 0.05) is 51.5 Å². The number of Topliss-reactive ketones (excluding diaryl/α,β-unsaturated/α-hetero) is 1. The molecule has 0 spiro atoms. The summed E-state index contributed by atoms with van der Waals surface area (Å²) in [6.45, 7) is 7.41. The number of aromatic nitrogens is 4. The average molecular weight is 442 g/mol. The van der Waals surface area contributed by atoms with E-state index in [9.17, 15) is 4.79 Å². The molecule has 8 nitrogen and oxygen atoms in total. The van der Waals surface area contributed by atoms with E-state index in [4.69, 9.17) is 9.97 Å². The van der Waals surface area contributed by atoms with Crippen molar-refractivity contribution in [2.75, 3.05) is 47.8 Å². The minimum absolute atomic E-state index is 0.0919. The summed E-state index contributed by atoms with van der Waals surface area (Å²) in [5.74, 6) is 2.24. The molecule has 0 saturated carbocycles. The largest absolute Gasteiger partial charge is 0.366 e. The number of anilines is 3. The van der Waals surface area contributed by atoms with Crippen LogP contribution in [0.15, 0.2) is 61.4 Å². The molecule has 3 aromatic rings. The topological polar surface area (TPSA) is 87.1 Å². The number of piperazine rings is 1. The van der Waals surface area contributed by atoms with E-state index in [1.54, 1.807) is 18.5 Å². The van der Waals surface area contributed by atoms with E-state index in [1.807, 2.05) is 24.3 Å². The van der Waals surface area contributed by atoms with Crippen LogP contribution in [0.5, 0.6) is 0 Å². The first kappa shape index (κ1) is 21.1. The Morgan fingerprint density at radius 2 is 1.64 bits per heavy atom. The Balaban J connectivity index is 1.42. The Bertz CT molecular complexity index is 1130. The first-order chi connectivity index (χ1) is 16.2. The molecule has 8 heteroatoms. The van der Waals surface area contributed by atoms with E-state index < -0.39 is 0 Å². The lowest BCUT2D eigenvalue weighted by Crippen LogP contribution is -2.48. The lowest BCUT2D eigenvalue weighted by atomic mass is 9.82. The number of hydrogen-bond acceptors (Lipinski definition) is 8. The molecule has 1 aromatic carbocycles. The van der Waals surface area contributed by atoms with Gasteiger partial charge in [-0.25, -0.2) is 15.0 Å². The summed E-state index contributed by atoms with van der Waals surface area (Å²) in [4.78, 5) is 35.9. The highest BCUT2D eigenvalue weighted by Gasteiger charge is 2.32. The van der Waals surface area contributed by atoms with E-state index in [2.05, 4.69) is 43.8 Å². The number of ketones is 1. The van der Waals surface area contributed by atoms with E-state index >= 15 is 0 Å². The molecule has 5 rings (SSSR count). The summed E-state index contributed by atoms with van der Waals surface area (Å²) in [6.07, 6.45) is 6.49. The van der Waals surface area contributed by atoms with Gasteiger partial charge in [0.15, 0.2) is 5.78 Å². The SMILES string of the molecule is C=CCNc1nc(N2CCN(c3ncccn3)CC2)nc2c1C(=O)C[C@@H](c1ccccc1)C2. The number of carbonyl (C=O) groups is 1. The van der Waals surface area contributed by atoms with Crippen molar-refractivity contribution in [3.05, 3.63) is 78.3 Å². The van der Waals surface area contributed by atoms with Crippen LogP contribution in [-0.2, 0) is 6.42 Å². The van der Waals surface area contributed by atoms with Gasteiger partial charge in [0.05, 0.1) is 11.3 Å². The predicted molar refractivity (Wildman–Crippen MR) is 129 cm³/mol. The minimum atomic E-state index is 0.0919. The Morgan fingerprint density at radius 1 is 0.939 bits per heavy atom. The molecule has 2 aliphatic rings. The maximum absolute atomic E-state index is 13.2. The lowest BCUT2D eigenvalue weighted by molar-refractivity contribution is 0.0963. The van der Waals surface area contributed by atoms with E-state index in [0.29, 0.717) is 30.3 Å². The van der Waals surface area contributed by atoms with Crippen LogP contribution < -0.4 is 15.1 Å². The predicted octanol–water partition coefficient (Wildman–Crippen LogP) is 3.10. The molecule has 1 aliphatic carbocycles. The molecule has 1 aliphatic heterocycles. The number of nitrogens with zero attached hydrogens (tertiary/aromatic N) is 6. The highest BCUT2D eigenvalue weighted by Crippen LogP contribution is 2.35. The van der Waals surface area contributed by atoms with Gasteiger partial charge >= 0.3 is 0 Å². The smallest absolute Gasteiger partial charge is 0.227 e. The molecule has 1 atom stereocenters. The number of hydrogen-bond donors (Lipinski definition) is 1. The maximum atomic E-state index is 13.2. The summed E-state index contributed by atoms with van der Waals surface area (Å²) < 4.78 is 0. The van der Waals surface area contributed by atoms with Crippen LogP contribution in [0, 0.1) is 0 Å². The first-order valence-electron chi connectivity index (χ1n) is 11.3. The second-order valence-corrected chi connectivity index (χ2v) is 8.33. The number of fused-ring (bicyclic) bond motifs is 1. The third-order valence-corrected chi connectivity index (χ3v) is 6.20. The summed E-state index contributed by atoms with van der Waals surface area (Å²) in [5, 5.41) is 3.27. The molecule has 0 amide bonds. The van der Waals surface area contributed by atoms with Crippen molar-refractivity contribution in [3.8, 4) is 0 Å². The van der Waals surface area contributed by atoms with Crippen LogP contribution in [-0.4, -0.2) is 58.4 Å². The molecule has 1 fully saturated rings. The van der Waals surface area contributed by atoms with Gasteiger partial charge in [-0.3, -0.25) is 4.79 Å². The number of nitrogens with one attached hydrogen (secondary N) is 1. The Kier molecular flexibility index (Phi) is 5.97. The van der Waals surface area contributed by atoms with E-state index in [0.717, 1.165) is 44.2 Å². The van der Waals surface area contributed by atoms with Crippen molar-refractivity contribution in [1.29, 1.82) is 0 Å². The molecule has 0 radical (unpaired) electrons. The lowest BCUT2D eigenvalue weighted by Gasteiger charge is -2.35. The van der Waals surface area contributed by atoms with Gasteiger partial charge in [0.1, 0.15) is 5.82 Å². The van der Waals surface area contributed by atoms with Crippen LogP contribution in [0.25, 0.3) is 0 Å². The van der Waals surface area contributed by atoms with Crippen molar-refractivity contribution < 1.29 is 4.79 Å². The molecule has 0 bridgehead atoms. The Hall–Kier alpha value is -3.81. The van der Waals surface area contributed by atoms with Crippen molar-refractivity contribution in [1.82, 2.24) is 19.9 Å². The monoisotopic (exact) mass is 441 g/mol. The van der Waals surface area contributed by atoms with Gasteiger partial charge in [-0.05, 0) is 24.0 Å². The van der Waals surface area contributed by atoms with Crippen LogP contribution in [0.3, 0.4) is 0 Å². The zero-order valence-corrected chi connectivity index (χ0v) is 18.5. The average Bonchev–Trinajstić information content (AvgIpc) is 2.88. The molecular weight excluding hydrogens is 414 g/mol. The Labute approximate surface area is 193 Å². The van der Waals surface area contributed by atoms with Gasteiger partial charge in [0.2, 0.25) is 11.9 Å². The summed E-state index contributed by atoms with van der Waals surface area (Å²) in [7, 11) is 0. The van der Waals surface area contributed by atoms with Crippen LogP contribution in [0.2, 0.25) is 0 Å². The van der Waals surface area contributed by atoms with E-state index in [-0.39, 0.29) is 11.7 Å². The third kappa shape index (κ3) is 4.41. The van der Waals surface area contributed by atoms with Gasteiger partial charge in [0.25, 0.3) is 0 Å². The highest BCUT2D eigenvalue weighted by molar-refractivity contribution is 6.03. The van der Waals surface area contributed by atoms with Crippen LogP contribution >= 0.6 is 0 Å². The molecule has 1 N–H and O–H groups in total. The molecule has 0 unspecified atom stereocenters. The quantitative estimate of drug-likeness (QED) is 0.584. The van der Waals surface area contributed by atoms with Crippen molar-refractivity contribution in [3.63, 3.8) is 0 Å². The molecule has 3 heterocycles. The van der Waals surface area contributed by atoms with Crippen LogP contribution in [0.1, 0.15) is 34.0 Å². The van der Waals surface area contributed by atoms with Crippen molar-refractivity contribution in [2.45, 2.75) is 18.8 Å². The summed E-state index contributed by atoms with van der Waals surface area (Å²) >= 11 is 0. The van der Waals surface area contributed by atoms with Crippen molar-refractivity contribution in [2.24, 2.45) is 0 Å². The van der Waals surface area contributed by atoms with Crippen molar-refractivity contribution >= 4 is 23.5 Å².